The van der Waals surface area contributed by atoms with Crippen molar-refractivity contribution >= 4 is 5.97 Å². The molecule has 1 N–H and O–H groups in total. The lowest BCUT2D eigenvalue weighted by Gasteiger charge is -2.23. The molecule has 1 aliphatic heterocycles. The second-order valence-electron chi connectivity index (χ2n) is 6.23. The van der Waals surface area contributed by atoms with Crippen molar-refractivity contribution in [2.75, 3.05) is 14.2 Å². The Labute approximate surface area is 151 Å². The molecule has 0 amide bonds. The second-order valence-corrected chi connectivity index (χ2v) is 6.23. The summed E-state index contributed by atoms with van der Waals surface area (Å²) in [4.78, 5) is 11.9. The Bertz CT molecular complexity index is 989. The maximum atomic E-state index is 11.9. The number of benzene rings is 2. The molecular weight excluding hydrogens is 330 g/mol. The number of rotatable bonds is 4. The van der Waals surface area contributed by atoms with E-state index in [0.29, 0.717) is 17.1 Å². The molecule has 132 valence electrons. The van der Waals surface area contributed by atoms with Crippen LogP contribution in [0.15, 0.2) is 48.5 Å². The van der Waals surface area contributed by atoms with Gasteiger partial charge in [0.2, 0.25) is 0 Å². The highest BCUT2D eigenvalue weighted by atomic mass is 16.5. The SMILES string of the molecule is COc1cc2c(cc1OC)-c1cc(C(=O)O)c(-c3ccccc3)n1CC2. The average Bonchev–Trinajstić information content (AvgIpc) is 3.07. The molecule has 4 rings (SSSR count). The number of carbonyl (C=O) groups is 1. The van der Waals surface area contributed by atoms with Crippen LogP contribution < -0.4 is 9.47 Å². The van der Waals surface area contributed by atoms with Gasteiger partial charge in [-0.3, -0.25) is 0 Å². The van der Waals surface area contributed by atoms with E-state index in [9.17, 15) is 9.90 Å². The smallest absolute Gasteiger partial charge is 0.337 e. The first kappa shape index (κ1) is 16.3. The standard InChI is InChI=1S/C21H19NO4/c1-25-18-10-14-8-9-22-17(15(14)12-19(18)26-2)11-16(21(23)24)20(22)13-6-4-3-5-7-13/h3-7,10-12H,8-9H2,1-2H3,(H,23,24). The van der Waals surface area contributed by atoms with Crippen LogP contribution in [-0.4, -0.2) is 29.9 Å². The van der Waals surface area contributed by atoms with Gasteiger partial charge in [-0.25, -0.2) is 4.79 Å². The number of aryl methyl sites for hydroxylation is 1. The highest BCUT2D eigenvalue weighted by molar-refractivity contribution is 5.98. The molecule has 2 aromatic carbocycles. The summed E-state index contributed by atoms with van der Waals surface area (Å²) in [7, 11) is 3.22. The molecule has 0 spiro atoms. The predicted octanol–water partition coefficient (Wildman–Crippen LogP) is 4.09. The van der Waals surface area contributed by atoms with Gasteiger partial charge in [-0.2, -0.15) is 0 Å². The Morgan fingerprint density at radius 3 is 2.38 bits per heavy atom. The van der Waals surface area contributed by atoms with Gasteiger partial charge >= 0.3 is 5.97 Å². The Morgan fingerprint density at radius 1 is 1.04 bits per heavy atom. The van der Waals surface area contributed by atoms with Crippen molar-refractivity contribution in [3.8, 4) is 34.0 Å². The van der Waals surface area contributed by atoms with Crippen molar-refractivity contribution in [1.82, 2.24) is 4.57 Å². The zero-order chi connectivity index (χ0) is 18.3. The van der Waals surface area contributed by atoms with Gasteiger partial charge in [-0.15, -0.1) is 0 Å². The normalized spacial score (nSPS) is 12.2. The topological polar surface area (TPSA) is 60.7 Å². The molecule has 5 nitrogen and oxygen atoms in total. The van der Waals surface area contributed by atoms with Gasteiger partial charge in [0.05, 0.1) is 25.5 Å². The maximum Gasteiger partial charge on any atom is 0.337 e. The minimum absolute atomic E-state index is 0.314. The average molecular weight is 349 g/mol. The number of aromatic carboxylic acids is 1. The van der Waals surface area contributed by atoms with Crippen molar-refractivity contribution in [2.45, 2.75) is 13.0 Å². The first-order valence-corrected chi connectivity index (χ1v) is 8.41. The molecule has 0 radical (unpaired) electrons. The third-order valence-electron chi connectivity index (χ3n) is 4.86. The summed E-state index contributed by atoms with van der Waals surface area (Å²) in [5.74, 6) is 0.403. The van der Waals surface area contributed by atoms with E-state index in [1.54, 1.807) is 20.3 Å². The van der Waals surface area contributed by atoms with Crippen LogP contribution in [-0.2, 0) is 13.0 Å². The number of fused-ring (bicyclic) bond motifs is 3. The zero-order valence-electron chi connectivity index (χ0n) is 14.7. The summed E-state index contributed by atoms with van der Waals surface area (Å²) in [5.41, 5.74) is 4.97. The fourth-order valence-corrected chi connectivity index (χ4v) is 3.67. The molecule has 0 unspecified atom stereocenters. The fourth-order valence-electron chi connectivity index (χ4n) is 3.67. The minimum atomic E-state index is -0.923. The zero-order valence-corrected chi connectivity index (χ0v) is 14.7. The van der Waals surface area contributed by atoms with Crippen LogP contribution in [0.4, 0.5) is 0 Å². The lowest BCUT2D eigenvalue weighted by Crippen LogP contribution is -2.12. The summed E-state index contributed by atoms with van der Waals surface area (Å²) in [5, 5.41) is 9.75. The van der Waals surface area contributed by atoms with Gasteiger partial charge in [0.15, 0.2) is 11.5 Å². The number of aromatic nitrogens is 1. The van der Waals surface area contributed by atoms with E-state index >= 15 is 0 Å². The molecule has 0 bridgehead atoms. The summed E-state index contributed by atoms with van der Waals surface area (Å²) in [6, 6.07) is 15.3. The van der Waals surface area contributed by atoms with Crippen LogP contribution in [0.2, 0.25) is 0 Å². The Hall–Kier alpha value is -3.21. The van der Waals surface area contributed by atoms with Crippen LogP contribution in [0, 0.1) is 0 Å². The largest absolute Gasteiger partial charge is 0.493 e. The summed E-state index contributed by atoms with van der Waals surface area (Å²) in [6.07, 6.45) is 0.802. The second kappa shape index (κ2) is 6.26. The van der Waals surface area contributed by atoms with Gasteiger partial charge in [-0.05, 0) is 35.7 Å². The van der Waals surface area contributed by atoms with Gasteiger partial charge in [-0.1, -0.05) is 30.3 Å². The number of methoxy groups -OCH3 is 2. The molecule has 0 fully saturated rings. The fraction of sp³-hybridized carbons (Fsp3) is 0.190. The monoisotopic (exact) mass is 349 g/mol. The van der Waals surface area contributed by atoms with Crippen LogP contribution in [0.3, 0.4) is 0 Å². The number of hydrogen-bond acceptors (Lipinski definition) is 3. The van der Waals surface area contributed by atoms with Crippen LogP contribution in [0.1, 0.15) is 15.9 Å². The summed E-state index contributed by atoms with van der Waals surface area (Å²) < 4.78 is 12.9. The third-order valence-corrected chi connectivity index (χ3v) is 4.86. The molecular formula is C21H19NO4. The summed E-state index contributed by atoms with van der Waals surface area (Å²) in [6.45, 7) is 0.718. The molecule has 1 aromatic heterocycles. The first-order chi connectivity index (χ1) is 12.6. The molecule has 5 heteroatoms. The number of carboxylic acids is 1. The van der Waals surface area contributed by atoms with Gasteiger partial charge in [0.25, 0.3) is 0 Å². The van der Waals surface area contributed by atoms with Gasteiger partial charge in [0.1, 0.15) is 0 Å². The van der Waals surface area contributed by atoms with Crippen LogP contribution in [0.25, 0.3) is 22.5 Å². The lowest BCUT2D eigenvalue weighted by molar-refractivity contribution is 0.0698. The maximum absolute atomic E-state index is 11.9. The Balaban J connectivity index is 1.97. The predicted molar refractivity (Wildman–Crippen MR) is 99.1 cm³/mol. The minimum Gasteiger partial charge on any atom is -0.493 e. The van der Waals surface area contributed by atoms with E-state index in [-0.39, 0.29) is 0 Å². The van der Waals surface area contributed by atoms with E-state index < -0.39 is 5.97 Å². The van der Waals surface area contributed by atoms with Crippen molar-refractivity contribution in [3.05, 3.63) is 59.7 Å². The lowest BCUT2D eigenvalue weighted by atomic mass is 9.97. The molecule has 1 aliphatic rings. The van der Waals surface area contributed by atoms with Crippen molar-refractivity contribution in [3.63, 3.8) is 0 Å². The molecule has 3 aromatic rings. The Morgan fingerprint density at radius 2 is 1.73 bits per heavy atom. The molecule has 0 atom stereocenters. The van der Waals surface area contributed by atoms with Crippen LogP contribution >= 0.6 is 0 Å². The Kier molecular flexibility index (Phi) is 3.92. The third kappa shape index (κ3) is 2.44. The highest BCUT2D eigenvalue weighted by Crippen LogP contribution is 2.42. The number of carboxylic acid groups (broad SMARTS) is 1. The van der Waals surface area contributed by atoms with E-state index in [2.05, 4.69) is 4.57 Å². The highest BCUT2D eigenvalue weighted by Gasteiger charge is 2.27. The molecule has 0 saturated carbocycles. The van der Waals surface area contributed by atoms with Gasteiger partial charge in [0, 0.05) is 17.8 Å². The number of hydrogen-bond donors (Lipinski definition) is 1. The molecule has 0 aliphatic carbocycles. The molecule has 0 saturated heterocycles. The molecule has 26 heavy (non-hydrogen) atoms. The first-order valence-electron chi connectivity index (χ1n) is 8.41. The molecule has 2 heterocycles. The van der Waals surface area contributed by atoms with E-state index in [0.717, 1.165) is 41.0 Å². The summed E-state index contributed by atoms with van der Waals surface area (Å²) >= 11 is 0. The van der Waals surface area contributed by atoms with E-state index in [1.807, 2.05) is 42.5 Å². The van der Waals surface area contributed by atoms with Crippen molar-refractivity contribution < 1.29 is 19.4 Å². The number of nitrogens with zero attached hydrogens (tertiary/aromatic N) is 1. The van der Waals surface area contributed by atoms with Crippen molar-refractivity contribution in [1.29, 1.82) is 0 Å². The number of ether oxygens (including phenoxy) is 2. The quantitative estimate of drug-likeness (QED) is 0.770. The van der Waals surface area contributed by atoms with Crippen molar-refractivity contribution in [2.24, 2.45) is 0 Å². The van der Waals surface area contributed by atoms with Gasteiger partial charge < -0.3 is 19.1 Å². The van der Waals surface area contributed by atoms with E-state index in [4.69, 9.17) is 9.47 Å². The van der Waals surface area contributed by atoms with Crippen LogP contribution in [0.5, 0.6) is 11.5 Å². The van der Waals surface area contributed by atoms with E-state index in [1.165, 1.54) is 0 Å².